The van der Waals surface area contributed by atoms with Gasteiger partial charge in [0.2, 0.25) is 0 Å². The number of methoxy groups -OCH3 is 1. The molecule has 90 valence electrons. The predicted molar refractivity (Wildman–Crippen MR) is 49.2 cm³/mol. The van der Waals surface area contributed by atoms with Crippen LogP contribution in [0.15, 0.2) is 6.20 Å². The van der Waals surface area contributed by atoms with Crippen LogP contribution in [0.5, 0.6) is 0 Å². The summed E-state index contributed by atoms with van der Waals surface area (Å²) in [6.45, 7) is -0.389. The van der Waals surface area contributed by atoms with Crippen LogP contribution in [0.2, 0.25) is 5.02 Å². The van der Waals surface area contributed by atoms with Gasteiger partial charge in [-0.2, -0.15) is 18.3 Å². The van der Waals surface area contributed by atoms with Crippen molar-refractivity contribution in [2.45, 2.75) is 19.1 Å². The van der Waals surface area contributed by atoms with Crippen molar-refractivity contribution in [3.05, 3.63) is 16.9 Å². The van der Waals surface area contributed by atoms with Gasteiger partial charge < -0.3 is 4.74 Å². The summed E-state index contributed by atoms with van der Waals surface area (Å²) < 4.78 is 41.0. The Morgan fingerprint density at radius 2 is 2.25 bits per heavy atom. The zero-order valence-electron chi connectivity index (χ0n) is 8.21. The summed E-state index contributed by atoms with van der Waals surface area (Å²) in [6.07, 6.45) is -4.16. The highest BCUT2D eigenvalue weighted by atomic mass is 35.5. The van der Waals surface area contributed by atoms with Crippen molar-refractivity contribution in [3.8, 4) is 0 Å². The molecule has 1 aromatic rings. The largest absolute Gasteiger partial charge is 0.464 e. The van der Waals surface area contributed by atoms with Gasteiger partial charge in [-0.3, -0.25) is 4.68 Å². The molecule has 16 heavy (non-hydrogen) atoms. The third-order valence-electron chi connectivity index (χ3n) is 1.72. The monoisotopic (exact) mass is 256 g/mol. The van der Waals surface area contributed by atoms with Crippen LogP contribution in [0.3, 0.4) is 0 Å². The lowest BCUT2D eigenvalue weighted by Gasteiger charge is -2.05. The number of aromatic nitrogens is 2. The topological polar surface area (TPSA) is 44.1 Å². The first-order valence-corrected chi connectivity index (χ1v) is 4.59. The van der Waals surface area contributed by atoms with Crippen LogP contribution < -0.4 is 0 Å². The van der Waals surface area contributed by atoms with Crippen molar-refractivity contribution in [1.82, 2.24) is 9.78 Å². The molecule has 8 heteroatoms. The van der Waals surface area contributed by atoms with E-state index in [0.717, 1.165) is 18.0 Å². The Bertz CT molecular complexity index is 389. The molecular weight excluding hydrogens is 249 g/mol. The van der Waals surface area contributed by atoms with Gasteiger partial charge in [0, 0.05) is 12.7 Å². The molecule has 1 aromatic heterocycles. The van der Waals surface area contributed by atoms with E-state index >= 15 is 0 Å². The fourth-order valence-electron chi connectivity index (χ4n) is 0.988. The van der Waals surface area contributed by atoms with E-state index in [-0.39, 0.29) is 17.3 Å². The van der Waals surface area contributed by atoms with Crippen molar-refractivity contribution in [1.29, 1.82) is 0 Å². The van der Waals surface area contributed by atoms with Gasteiger partial charge >= 0.3 is 12.1 Å². The molecule has 0 aromatic carbocycles. The lowest BCUT2D eigenvalue weighted by atomic mass is 10.4. The van der Waals surface area contributed by atoms with Gasteiger partial charge in [-0.1, -0.05) is 11.6 Å². The van der Waals surface area contributed by atoms with Gasteiger partial charge in [0.05, 0.1) is 18.6 Å². The molecule has 1 heterocycles. The van der Waals surface area contributed by atoms with Crippen molar-refractivity contribution >= 4 is 17.6 Å². The number of rotatable bonds is 3. The van der Waals surface area contributed by atoms with E-state index < -0.39 is 18.6 Å². The maximum Gasteiger partial charge on any atom is 0.390 e. The molecule has 4 nitrogen and oxygen atoms in total. The average molecular weight is 257 g/mol. The number of carbonyl (C=O) groups is 1. The van der Waals surface area contributed by atoms with Gasteiger partial charge in [0.25, 0.3) is 0 Å². The summed E-state index contributed by atoms with van der Waals surface area (Å²) in [6, 6.07) is 0. The van der Waals surface area contributed by atoms with Crippen molar-refractivity contribution in [3.63, 3.8) is 0 Å². The SMILES string of the molecule is COC(=O)c1nn(CCC(F)(F)F)cc1Cl. The van der Waals surface area contributed by atoms with E-state index in [0.29, 0.717) is 0 Å². The fourth-order valence-corrected chi connectivity index (χ4v) is 1.22. The number of ether oxygens (including phenoxy) is 1. The standard InChI is InChI=1S/C8H8ClF3N2O2/c1-16-7(15)6-5(9)4-14(13-6)3-2-8(10,11)12/h4H,2-3H2,1H3. The van der Waals surface area contributed by atoms with E-state index in [1.54, 1.807) is 0 Å². The van der Waals surface area contributed by atoms with E-state index in [9.17, 15) is 18.0 Å². The van der Waals surface area contributed by atoms with Crippen LogP contribution >= 0.6 is 11.6 Å². The maximum atomic E-state index is 11.9. The lowest BCUT2D eigenvalue weighted by molar-refractivity contribution is -0.137. The minimum absolute atomic E-state index is 0.0333. The molecule has 0 atom stereocenters. The minimum Gasteiger partial charge on any atom is -0.464 e. The quantitative estimate of drug-likeness (QED) is 0.780. The molecule has 0 fully saturated rings. The zero-order chi connectivity index (χ0) is 12.3. The van der Waals surface area contributed by atoms with E-state index in [1.807, 2.05) is 0 Å². The number of halogens is 4. The van der Waals surface area contributed by atoms with Crippen LogP contribution in [-0.4, -0.2) is 29.0 Å². The lowest BCUT2D eigenvalue weighted by Crippen LogP contribution is -2.13. The van der Waals surface area contributed by atoms with Crippen LogP contribution in [0.25, 0.3) is 0 Å². The molecule has 0 aliphatic carbocycles. The van der Waals surface area contributed by atoms with Crippen LogP contribution in [0, 0.1) is 0 Å². The Balaban J connectivity index is 2.74. The predicted octanol–water partition coefficient (Wildman–Crippen LogP) is 2.28. The number of alkyl halides is 3. The number of aryl methyl sites for hydroxylation is 1. The van der Waals surface area contributed by atoms with Crippen molar-refractivity contribution < 1.29 is 22.7 Å². The first kappa shape index (κ1) is 12.8. The normalized spacial score (nSPS) is 11.6. The van der Waals surface area contributed by atoms with Crippen LogP contribution in [0.4, 0.5) is 13.2 Å². The Hall–Kier alpha value is -1.24. The summed E-state index contributed by atoms with van der Waals surface area (Å²) in [7, 11) is 1.13. The van der Waals surface area contributed by atoms with E-state index in [2.05, 4.69) is 9.84 Å². The third-order valence-corrected chi connectivity index (χ3v) is 2.00. The average Bonchev–Trinajstić information content (AvgIpc) is 2.55. The Morgan fingerprint density at radius 3 is 2.75 bits per heavy atom. The molecule has 0 saturated carbocycles. The summed E-state index contributed by atoms with van der Waals surface area (Å²) in [5.41, 5.74) is -0.189. The highest BCUT2D eigenvalue weighted by Gasteiger charge is 2.27. The third kappa shape index (κ3) is 3.41. The molecule has 0 aliphatic heterocycles. The van der Waals surface area contributed by atoms with Crippen molar-refractivity contribution in [2.24, 2.45) is 0 Å². The second-order valence-corrected chi connectivity index (χ2v) is 3.35. The highest BCUT2D eigenvalue weighted by Crippen LogP contribution is 2.21. The fraction of sp³-hybridized carbons (Fsp3) is 0.500. The van der Waals surface area contributed by atoms with E-state index in [4.69, 9.17) is 11.6 Å². The van der Waals surface area contributed by atoms with E-state index in [1.165, 1.54) is 0 Å². The Labute approximate surface area is 93.9 Å². The summed E-state index contributed by atoms with van der Waals surface area (Å²) in [4.78, 5) is 11.0. The van der Waals surface area contributed by atoms with Gasteiger partial charge in [-0.05, 0) is 0 Å². The molecule has 1 rings (SSSR count). The molecular formula is C8H8ClF3N2O2. The smallest absolute Gasteiger partial charge is 0.390 e. The molecule has 0 spiro atoms. The first-order chi connectivity index (χ1) is 7.33. The number of hydrogen-bond acceptors (Lipinski definition) is 3. The summed E-state index contributed by atoms with van der Waals surface area (Å²) in [5, 5.41) is 3.56. The Kier molecular flexibility index (Phi) is 3.79. The molecule has 0 N–H and O–H groups in total. The number of carbonyl (C=O) groups excluding carboxylic acids is 1. The van der Waals surface area contributed by atoms with Gasteiger partial charge in [0.15, 0.2) is 5.69 Å². The van der Waals surface area contributed by atoms with Gasteiger partial charge in [0.1, 0.15) is 0 Å². The molecule has 0 aliphatic rings. The molecule has 0 bridgehead atoms. The number of hydrogen-bond donors (Lipinski definition) is 0. The number of esters is 1. The molecule has 0 radical (unpaired) electrons. The molecule has 0 unspecified atom stereocenters. The molecule has 0 amide bonds. The number of nitrogens with zero attached hydrogens (tertiary/aromatic N) is 2. The Morgan fingerprint density at radius 1 is 1.62 bits per heavy atom. The van der Waals surface area contributed by atoms with Crippen LogP contribution in [0.1, 0.15) is 16.9 Å². The second kappa shape index (κ2) is 4.73. The van der Waals surface area contributed by atoms with Gasteiger partial charge in [-0.25, -0.2) is 4.79 Å². The zero-order valence-corrected chi connectivity index (χ0v) is 8.97. The van der Waals surface area contributed by atoms with Crippen molar-refractivity contribution in [2.75, 3.05) is 7.11 Å². The summed E-state index contributed by atoms with van der Waals surface area (Å²) >= 11 is 5.60. The molecule has 0 saturated heterocycles. The highest BCUT2D eigenvalue weighted by molar-refractivity contribution is 6.33. The first-order valence-electron chi connectivity index (χ1n) is 4.21. The minimum atomic E-state index is -4.27. The second-order valence-electron chi connectivity index (χ2n) is 2.95. The van der Waals surface area contributed by atoms with Gasteiger partial charge in [-0.15, -0.1) is 0 Å². The maximum absolute atomic E-state index is 11.9. The van der Waals surface area contributed by atoms with Crippen LogP contribution in [-0.2, 0) is 11.3 Å². The summed E-state index contributed by atoms with van der Waals surface area (Å²) in [5.74, 6) is -0.782.